The number of benzene rings is 1. The minimum Gasteiger partial charge on any atom is -0.478 e. The van der Waals surface area contributed by atoms with Gasteiger partial charge in [-0.3, -0.25) is 10.1 Å². The van der Waals surface area contributed by atoms with Crippen molar-refractivity contribution in [3.05, 3.63) is 57.2 Å². The van der Waals surface area contributed by atoms with E-state index in [1.807, 2.05) is 0 Å². The van der Waals surface area contributed by atoms with Crippen molar-refractivity contribution >= 4 is 35.0 Å². The van der Waals surface area contributed by atoms with Crippen LogP contribution in [0.2, 0.25) is 5.02 Å². The predicted octanol–water partition coefficient (Wildman–Crippen LogP) is 3.49. The van der Waals surface area contributed by atoms with Gasteiger partial charge in [0.25, 0.3) is 5.69 Å². The first-order valence-corrected chi connectivity index (χ1v) is 6.48. The van der Waals surface area contributed by atoms with Gasteiger partial charge in [-0.2, -0.15) is 0 Å². The van der Waals surface area contributed by atoms with E-state index in [-0.39, 0.29) is 11.3 Å². The molecule has 1 aromatic carbocycles. The second-order valence-electron chi connectivity index (χ2n) is 3.66. The van der Waals surface area contributed by atoms with Crippen LogP contribution < -0.4 is 0 Å². The van der Waals surface area contributed by atoms with E-state index in [4.69, 9.17) is 16.7 Å². The average Bonchev–Trinajstić information content (AvgIpc) is 2.41. The number of aromatic carboxylic acids is 1. The average molecular weight is 311 g/mol. The van der Waals surface area contributed by atoms with Crippen molar-refractivity contribution < 1.29 is 14.8 Å². The predicted molar refractivity (Wildman–Crippen MR) is 73.4 cm³/mol. The monoisotopic (exact) mass is 310 g/mol. The highest BCUT2D eigenvalue weighted by atomic mass is 35.5. The van der Waals surface area contributed by atoms with Crippen molar-refractivity contribution in [3.8, 4) is 0 Å². The molecule has 102 valence electrons. The zero-order chi connectivity index (χ0) is 14.7. The topological polar surface area (TPSA) is 93.3 Å². The molecule has 0 bridgehead atoms. The van der Waals surface area contributed by atoms with Crippen molar-refractivity contribution in [1.82, 2.24) is 4.98 Å². The van der Waals surface area contributed by atoms with E-state index >= 15 is 0 Å². The summed E-state index contributed by atoms with van der Waals surface area (Å²) < 4.78 is 0. The Morgan fingerprint density at radius 3 is 2.65 bits per heavy atom. The first-order valence-electron chi connectivity index (χ1n) is 5.28. The van der Waals surface area contributed by atoms with E-state index in [1.165, 1.54) is 18.3 Å². The molecule has 2 aromatic rings. The summed E-state index contributed by atoms with van der Waals surface area (Å²) in [5, 5.41) is 20.8. The first-order chi connectivity index (χ1) is 9.47. The number of rotatable bonds is 4. The highest BCUT2D eigenvalue weighted by Crippen LogP contribution is 2.31. The van der Waals surface area contributed by atoms with E-state index in [0.29, 0.717) is 14.9 Å². The maximum atomic E-state index is 11.2. The van der Waals surface area contributed by atoms with E-state index < -0.39 is 10.9 Å². The van der Waals surface area contributed by atoms with Gasteiger partial charge in [0.05, 0.1) is 15.5 Å². The minimum absolute atomic E-state index is 0.138. The zero-order valence-electron chi connectivity index (χ0n) is 9.82. The fourth-order valence-corrected chi connectivity index (χ4v) is 2.39. The third kappa shape index (κ3) is 3.25. The quantitative estimate of drug-likeness (QED) is 0.686. The summed E-state index contributed by atoms with van der Waals surface area (Å²) >= 11 is 6.81. The molecule has 0 fully saturated rings. The third-order valence-electron chi connectivity index (χ3n) is 2.32. The van der Waals surface area contributed by atoms with E-state index in [9.17, 15) is 14.9 Å². The van der Waals surface area contributed by atoms with Gasteiger partial charge >= 0.3 is 5.97 Å². The SMILES string of the molecule is O=C(O)c1cc([N+](=O)[O-])ccc1Sc1ccc(Cl)cn1. The fraction of sp³-hybridized carbons (Fsp3) is 0. The van der Waals surface area contributed by atoms with Crippen LogP contribution >= 0.6 is 23.4 Å². The number of carbonyl (C=O) groups is 1. The Morgan fingerprint density at radius 2 is 2.10 bits per heavy atom. The zero-order valence-corrected chi connectivity index (χ0v) is 11.4. The Kier molecular flexibility index (Phi) is 4.21. The van der Waals surface area contributed by atoms with Gasteiger partial charge in [0, 0.05) is 23.2 Å². The Labute approximate surface area is 122 Å². The molecule has 0 aliphatic heterocycles. The minimum atomic E-state index is -1.23. The summed E-state index contributed by atoms with van der Waals surface area (Å²) in [6.45, 7) is 0. The van der Waals surface area contributed by atoms with E-state index in [2.05, 4.69) is 4.98 Å². The van der Waals surface area contributed by atoms with Crippen LogP contribution in [0.15, 0.2) is 46.5 Å². The fourth-order valence-electron chi connectivity index (χ4n) is 1.42. The molecule has 0 unspecified atom stereocenters. The van der Waals surface area contributed by atoms with Crippen molar-refractivity contribution in [2.24, 2.45) is 0 Å². The Morgan fingerprint density at radius 1 is 1.35 bits per heavy atom. The number of aromatic nitrogens is 1. The standard InChI is InChI=1S/C12H7ClN2O4S/c13-7-1-4-11(14-6-7)20-10-3-2-8(15(18)19)5-9(10)12(16)17/h1-6H,(H,16,17). The van der Waals surface area contributed by atoms with Crippen molar-refractivity contribution in [3.63, 3.8) is 0 Å². The number of carboxylic acids is 1. The molecule has 2 rings (SSSR count). The second kappa shape index (κ2) is 5.89. The molecule has 0 spiro atoms. The van der Waals surface area contributed by atoms with E-state index in [0.717, 1.165) is 17.8 Å². The van der Waals surface area contributed by atoms with Crippen LogP contribution in [-0.4, -0.2) is 21.0 Å². The van der Waals surface area contributed by atoms with Crippen LogP contribution in [0.3, 0.4) is 0 Å². The van der Waals surface area contributed by atoms with Crippen molar-refractivity contribution in [2.75, 3.05) is 0 Å². The van der Waals surface area contributed by atoms with Gasteiger partial charge < -0.3 is 5.11 Å². The largest absolute Gasteiger partial charge is 0.478 e. The lowest BCUT2D eigenvalue weighted by Crippen LogP contribution is -2.00. The molecule has 6 nitrogen and oxygen atoms in total. The number of hydrogen-bond acceptors (Lipinski definition) is 5. The molecule has 20 heavy (non-hydrogen) atoms. The Bertz CT molecular complexity index is 676. The summed E-state index contributed by atoms with van der Waals surface area (Å²) in [6.07, 6.45) is 1.44. The van der Waals surface area contributed by atoms with Gasteiger partial charge in [-0.25, -0.2) is 9.78 Å². The summed E-state index contributed by atoms with van der Waals surface area (Å²) in [5.41, 5.74) is -0.406. The second-order valence-corrected chi connectivity index (χ2v) is 5.16. The molecule has 0 aliphatic rings. The molecule has 0 atom stereocenters. The molecule has 0 amide bonds. The van der Waals surface area contributed by atoms with Crippen molar-refractivity contribution in [2.45, 2.75) is 9.92 Å². The van der Waals surface area contributed by atoms with Gasteiger partial charge in [-0.05, 0) is 18.2 Å². The molecule has 8 heteroatoms. The van der Waals surface area contributed by atoms with Crippen LogP contribution in [0.4, 0.5) is 5.69 Å². The number of nitro groups is 1. The molecule has 1 heterocycles. The third-order valence-corrected chi connectivity index (χ3v) is 3.57. The number of non-ortho nitro benzene ring substituents is 1. The molecule has 1 N–H and O–H groups in total. The summed E-state index contributed by atoms with van der Waals surface area (Å²) in [4.78, 5) is 25.6. The number of nitro benzene ring substituents is 1. The van der Waals surface area contributed by atoms with Crippen LogP contribution in [0, 0.1) is 10.1 Å². The number of hydrogen-bond donors (Lipinski definition) is 1. The maximum Gasteiger partial charge on any atom is 0.337 e. The summed E-state index contributed by atoms with van der Waals surface area (Å²) in [5.74, 6) is -1.23. The first kappa shape index (κ1) is 14.3. The molecular formula is C12H7ClN2O4S. The number of carboxylic acid groups (broad SMARTS) is 1. The van der Waals surface area contributed by atoms with Crippen LogP contribution in [0.25, 0.3) is 0 Å². The van der Waals surface area contributed by atoms with Gasteiger partial charge in [-0.1, -0.05) is 23.4 Å². The van der Waals surface area contributed by atoms with Gasteiger partial charge in [0.2, 0.25) is 0 Å². The number of nitrogens with zero attached hydrogens (tertiary/aromatic N) is 2. The number of pyridine rings is 1. The highest BCUT2D eigenvalue weighted by molar-refractivity contribution is 7.99. The number of halogens is 1. The lowest BCUT2D eigenvalue weighted by molar-refractivity contribution is -0.384. The molecule has 1 aromatic heterocycles. The lowest BCUT2D eigenvalue weighted by atomic mass is 10.2. The maximum absolute atomic E-state index is 11.2. The Hall–Kier alpha value is -2.12. The molecule has 0 saturated carbocycles. The molecule has 0 radical (unpaired) electrons. The molecule has 0 saturated heterocycles. The van der Waals surface area contributed by atoms with Crippen molar-refractivity contribution in [1.29, 1.82) is 0 Å². The lowest BCUT2D eigenvalue weighted by Gasteiger charge is -2.05. The van der Waals surface area contributed by atoms with Crippen LogP contribution in [-0.2, 0) is 0 Å². The summed E-state index contributed by atoms with van der Waals surface area (Å²) in [6, 6.07) is 6.94. The van der Waals surface area contributed by atoms with Gasteiger partial charge in [-0.15, -0.1) is 0 Å². The Balaban J connectivity index is 2.38. The summed E-state index contributed by atoms with van der Waals surface area (Å²) in [7, 11) is 0. The van der Waals surface area contributed by atoms with Crippen LogP contribution in [0.5, 0.6) is 0 Å². The van der Waals surface area contributed by atoms with Gasteiger partial charge in [0.15, 0.2) is 0 Å². The smallest absolute Gasteiger partial charge is 0.337 e. The highest BCUT2D eigenvalue weighted by Gasteiger charge is 2.17. The van der Waals surface area contributed by atoms with Gasteiger partial charge in [0.1, 0.15) is 5.03 Å². The molecular weight excluding hydrogens is 304 g/mol. The van der Waals surface area contributed by atoms with Crippen LogP contribution in [0.1, 0.15) is 10.4 Å². The normalized spacial score (nSPS) is 10.2. The van der Waals surface area contributed by atoms with E-state index in [1.54, 1.807) is 12.1 Å². The molecule has 0 aliphatic carbocycles.